The van der Waals surface area contributed by atoms with Crippen molar-refractivity contribution in [2.24, 2.45) is 5.92 Å². The summed E-state index contributed by atoms with van der Waals surface area (Å²) in [6.07, 6.45) is 4.82. The van der Waals surface area contributed by atoms with Crippen LogP contribution < -0.4 is 10.1 Å². The number of nitrogens with one attached hydrogen (secondary N) is 1. The van der Waals surface area contributed by atoms with Crippen LogP contribution in [0.1, 0.15) is 32.1 Å². The van der Waals surface area contributed by atoms with Crippen LogP contribution >= 0.6 is 0 Å². The van der Waals surface area contributed by atoms with Crippen molar-refractivity contribution >= 4 is 11.5 Å². The summed E-state index contributed by atoms with van der Waals surface area (Å²) in [4.78, 5) is 12.8. The second kappa shape index (κ2) is 5.02. The summed E-state index contributed by atoms with van der Waals surface area (Å²) >= 11 is 0. The molecule has 0 radical (unpaired) electrons. The van der Waals surface area contributed by atoms with Gasteiger partial charge in [0.25, 0.3) is 0 Å². The van der Waals surface area contributed by atoms with Crippen molar-refractivity contribution in [2.75, 3.05) is 18.5 Å². The molecule has 1 aliphatic carbocycles. The van der Waals surface area contributed by atoms with E-state index in [9.17, 15) is 4.79 Å². The molecule has 3 aliphatic rings. The van der Waals surface area contributed by atoms with Crippen LogP contribution in [0.2, 0.25) is 0 Å². The van der Waals surface area contributed by atoms with Crippen molar-refractivity contribution in [1.29, 1.82) is 0 Å². The second-order valence-corrected chi connectivity index (χ2v) is 6.46. The number of fused-ring (bicyclic) bond motifs is 1. The van der Waals surface area contributed by atoms with Gasteiger partial charge < -0.3 is 14.8 Å². The standard InChI is InChI=1S/C17H21NO3/c19-16(12-6-9-20-17(10-12)7-3-8-17)15-11-18-13-4-1-2-5-14(13)21-15/h1-2,4-5,12,15,18H,3,6-11H2. The molecule has 0 amide bonds. The first-order chi connectivity index (χ1) is 10.3. The maximum absolute atomic E-state index is 12.8. The molecule has 4 heteroatoms. The molecule has 21 heavy (non-hydrogen) atoms. The molecule has 1 aromatic rings. The van der Waals surface area contributed by atoms with Crippen molar-refractivity contribution in [1.82, 2.24) is 0 Å². The van der Waals surface area contributed by atoms with E-state index < -0.39 is 0 Å². The fraction of sp³-hybridized carbons (Fsp3) is 0.588. The number of hydrogen-bond donors (Lipinski definition) is 1. The van der Waals surface area contributed by atoms with E-state index in [2.05, 4.69) is 5.32 Å². The molecule has 2 atom stereocenters. The zero-order valence-electron chi connectivity index (χ0n) is 12.1. The SMILES string of the molecule is O=C(C1CCOC2(CCC2)C1)C1CNc2ccccc2O1. The van der Waals surface area contributed by atoms with Gasteiger partial charge in [-0.15, -0.1) is 0 Å². The molecule has 1 spiro atoms. The van der Waals surface area contributed by atoms with Gasteiger partial charge in [0.15, 0.2) is 11.9 Å². The Morgan fingerprint density at radius 2 is 2.14 bits per heavy atom. The first-order valence-corrected chi connectivity index (χ1v) is 7.93. The molecular formula is C17H21NO3. The van der Waals surface area contributed by atoms with Gasteiger partial charge in [0.1, 0.15) is 5.75 Å². The number of carbonyl (C=O) groups is 1. The van der Waals surface area contributed by atoms with Crippen LogP contribution in [-0.4, -0.2) is 30.6 Å². The topological polar surface area (TPSA) is 47.6 Å². The number of rotatable bonds is 2. The van der Waals surface area contributed by atoms with Crippen molar-refractivity contribution in [3.63, 3.8) is 0 Å². The number of anilines is 1. The third-order valence-corrected chi connectivity index (χ3v) is 5.11. The first kappa shape index (κ1) is 13.1. The molecule has 1 N–H and O–H groups in total. The highest BCUT2D eigenvalue weighted by Gasteiger charge is 2.45. The largest absolute Gasteiger partial charge is 0.479 e. The molecule has 1 aromatic carbocycles. The lowest BCUT2D eigenvalue weighted by Gasteiger charge is -2.47. The lowest BCUT2D eigenvalue weighted by molar-refractivity contribution is -0.159. The minimum atomic E-state index is -0.361. The average molecular weight is 287 g/mol. The van der Waals surface area contributed by atoms with Crippen LogP contribution in [0.25, 0.3) is 0 Å². The zero-order chi connectivity index (χ0) is 14.3. The maximum atomic E-state index is 12.8. The number of benzene rings is 1. The smallest absolute Gasteiger partial charge is 0.178 e. The minimum absolute atomic E-state index is 0.0125. The third kappa shape index (κ3) is 2.31. The Labute approximate surface area is 124 Å². The van der Waals surface area contributed by atoms with E-state index in [0.717, 1.165) is 37.1 Å². The Morgan fingerprint density at radius 1 is 1.29 bits per heavy atom. The molecule has 2 fully saturated rings. The van der Waals surface area contributed by atoms with Crippen LogP contribution in [0, 0.1) is 5.92 Å². The van der Waals surface area contributed by atoms with Gasteiger partial charge in [-0.2, -0.15) is 0 Å². The lowest BCUT2D eigenvalue weighted by Crippen LogP contribution is -2.50. The normalized spacial score (nSPS) is 29.7. The number of ether oxygens (including phenoxy) is 2. The number of Topliss-reactive ketones (excluding diaryl/α,β-unsaturated/α-hetero) is 1. The van der Waals surface area contributed by atoms with Crippen LogP contribution in [0.4, 0.5) is 5.69 Å². The monoisotopic (exact) mass is 287 g/mol. The molecule has 2 aliphatic heterocycles. The molecule has 0 bridgehead atoms. The number of carbonyl (C=O) groups excluding carboxylic acids is 1. The van der Waals surface area contributed by atoms with Crippen molar-refractivity contribution in [3.8, 4) is 5.75 Å². The Bertz CT molecular complexity index is 553. The number of hydrogen-bond acceptors (Lipinski definition) is 4. The molecular weight excluding hydrogens is 266 g/mol. The fourth-order valence-corrected chi connectivity index (χ4v) is 3.72. The van der Waals surface area contributed by atoms with E-state index in [-0.39, 0.29) is 23.4 Å². The lowest BCUT2D eigenvalue weighted by atomic mass is 9.70. The third-order valence-electron chi connectivity index (χ3n) is 5.11. The first-order valence-electron chi connectivity index (χ1n) is 7.93. The second-order valence-electron chi connectivity index (χ2n) is 6.46. The van der Waals surface area contributed by atoms with Gasteiger partial charge >= 0.3 is 0 Å². The summed E-state index contributed by atoms with van der Waals surface area (Å²) in [7, 11) is 0. The van der Waals surface area contributed by atoms with Gasteiger partial charge in [0.2, 0.25) is 0 Å². The van der Waals surface area contributed by atoms with Crippen LogP contribution in [-0.2, 0) is 9.53 Å². The number of para-hydroxylation sites is 2. The van der Waals surface area contributed by atoms with Crippen molar-refractivity contribution < 1.29 is 14.3 Å². The highest BCUT2D eigenvalue weighted by atomic mass is 16.5. The van der Waals surface area contributed by atoms with Gasteiger partial charge in [0.05, 0.1) is 17.8 Å². The van der Waals surface area contributed by atoms with E-state index in [4.69, 9.17) is 9.47 Å². The summed E-state index contributed by atoms with van der Waals surface area (Å²) in [6.45, 7) is 1.29. The van der Waals surface area contributed by atoms with Gasteiger partial charge in [-0.1, -0.05) is 12.1 Å². The van der Waals surface area contributed by atoms with Crippen molar-refractivity contribution in [2.45, 2.75) is 43.8 Å². The molecule has 1 saturated heterocycles. The maximum Gasteiger partial charge on any atom is 0.178 e. The van der Waals surface area contributed by atoms with Crippen LogP contribution in [0.5, 0.6) is 5.75 Å². The Morgan fingerprint density at radius 3 is 2.95 bits per heavy atom. The average Bonchev–Trinajstić information content (AvgIpc) is 2.52. The molecule has 1 saturated carbocycles. The molecule has 2 heterocycles. The van der Waals surface area contributed by atoms with E-state index in [1.807, 2.05) is 24.3 Å². The Kier molecular flexibility index (Phi) is 3.14. The molecule has 2 unspecified atom stereocenters. The number of ketones is 1. The summed E-state index contributed by atoms with van der Waals surface area (Å²) in [5, 5.41) is 3.30. The zero-order valence-corrected chi connectivity index (χ0v) is 12.1. The fourth-order valence-electron chi connectivity index (χ4n) is 3.72. The summed E-state index contributed by atoms with van der Waals surface area (Å²) in [5.74, 6) is 1.12. The van der Waals surface area contributed by atoms with Gasteiger partial charge in [-0.3, -0.25) is 4.79 Å². The van der Waals surface area contributed by atoms with E-state index in [1.165, 1.54) is 6.42 Å². The molecule has 4 rings (SSSR count). The van der Waals surface area contributed by atoms with Crippen LogP contribution in [0.15, 0.2) is 24.3 Å². The van der Waals surface area contributed by atoms with E-state index >= 15 is 0 Å². The quantitative estimate of drug-likeness (QED) is 0.908. The minimum Gasteiger partial charge on any atom is -0.479 e. The summed E-state index contributed by atoms with van der Waals surface area (Å²) < 4.78 is 11.8. The Hall–Kier alpha value is -1.55. The molecule has 112 valence electrons. The van der Waals surface area contributed by atoms with Gasteiger partial charge in [0, 0.05) is 12.5 Å². The predicted octanol–water partition coefficient (Wildman–Crippen LogP) is 2.78. The molecule has 0 aromatic heterocycles. The highest BCUT2D eigenvalue weighted by molar-refractivity contribution is 5.87. The molecule has 4 nitrogen and oxygen atoms in total. The van der Waals surface area contributed by atoms with Crippen molar-refractivity contribution in [3.05, 3.63) is 24.3 Å². The summed E-state index contributed by atoms with van der Waals surface area (Å²) in [6, 6.07) is 7.80. The van der Waals surface area contributed by atoms with Gasteiger partial charge in [-0.25, -0.2) is 0 Å². The summed E-state index contributed by atoms with van der Waals surface area (Å²) in [5.41, 5.74) is 0.988. The Balaban J connectivity index is 1.46. The van der Waals surface area contributed by atoms with Gasteiger partial charge in [-0.05, 0) is 44.2 Å². The van der Waals surface area contributed by atoms with Crippen LogP contribution in [0.3, 0.4) is 0 Å². The predicted molar refractivity (Wildman–Crippen MR) is 79.6 cm³/mol. The van der Waals surface area contributed by atoms with E-state index in [1.54, 1.807) is 0 Å². The van der Waals surface area contributed by atoms with E-state index in [0.29, 0.717) is 13.2 Å². The highest BCUT2D eigenvalue weighted by Crippen LogP contribution is 2.45.